The molecule has 2 rings (SSSR count). The Bertz CT molecular complexity index is 597. The van der Waals surface area contributed by atoms with Gasteiger partial charge < -0.3 is 9.64 Å². The quantitative estimate of drug-likeness (QED) is 0.559. The Morgan fingerprint density at radius 2 is 1.63 bits per heavy atom. The lowest BCUT2D eigenvalue weighted by molar-refractivity contribution is 0.0637. The zero-order chi connectivity index (χ0) is 19.5. The molecule has 1 aromatic carbocycles. The smallest absolute Gasteiger partial charge is 0.445 e. The molecule has 0 spiro atoms. The molecule has 0 saturated carbocycles. The minimum atomic E-state index is -3.46. The van der Waals surface area contributed by atoms with Gasteiger partial charge in [0, 0.05) is 32.7 Å². The van der Waals surface area contributed by atoms with Gasteiger partial charge in [-0.15, -0.1) is 0 Å². The van der Waals surface area contributed by atoms with Crippen molar-refractivity contribution in [2.45, 2.75) is 20.5 Å². The van der Waals surface area contributed by atoms with E-state index in [9.17, 15) is 9.36 Å². The lowest BCUT2D eigenvalue weighted by Crippen LogP contribution is -2.49. The highest BCUT2D eigenvalue weighted by molar-refractivity contribution is 7.48. The Labute approximate surface area is 160 Å². The second-order valence-electron chi connectivity index (χ2n) is 5.98. The molecule has 1 saturated heterocycles. The molecule has 1 aromatic rings. The topological polar surface area (TPSA) is 77.5 Å². The molecule has 0 unspecified atom stereocenters. The maximum atomic E-state index is 12.2. The number of hydrogen-bond acceptors (Lipinski definition) is 7. The van der Waals surface area contributed by atoms with Crippen LogP contribution >= 0.6 is 7.82 Å². The maximum absolute atomic E-state index is 12.2. The van der Waals surface area contributed by atoms with Crippen molar-refractivity contribution in [2.75, 3.05) is 52.5 Å². The lowest BCUT2D eigenvalue weighted by atomic mass is 10.2. The molecule has 1 aliphatic rings. The molecule has 9 heteroatoms. The van der Waals surface area contributed by atoms with Crippen molar-refractivity contribution in [3.63, 3.8) is 0 Å². The summed E-state index contributed by atoms with van der Waals surface area (Å²) in [6.07, 6.45) is -0.299. The van der Waals surface area contributed by atoms with Crippen LogP contribution in [0, 0.1) is 0 Å². The monoisotopic (exact) mass is 400 g/mol. The summed E-state index contributed by atoms with van der Waals surface area (Å²) in [4.78, 5) is 16.0. The minimum absolute atomic E-state index is 0.246. The minimum Gasteiger partial charge on any atom is -0.445 e. The second-order valence-corrected chi connectivity index (χ2v) is 7.65. The molecular weight excluding hydrogens is 371 g/mol. The van der Waals surface area contributed by atoms with Crippen LogP contribution in [0.3, 0.4) is 0 Å². The van der Waals surface area contributed by atoms with E-state index in [1.807, 2.05) is 30.3 Å². The van der Waals surface area contributed by atoms with Gasteiger partial charge in [0.05, 0.1) is 19.8 Å². The largest absolute Gasteiger partial charge is 0.474 e. The summed E-state index contributed by atoms with van der Waals surface area (Å²) in [6, 6.07) is 9.61. The fourth-order valence-corrected chi connectivity index (χ4v) is 3.84. The van der Waals surface area contributed by atoms with E-state index in [0.29, 0.717) is 32.7 Å². The highest BCUT2D eigenvalue weighted by Crippen LogP contribution is 2.48. The Kier molecular flexibility index (Phi) is 9.24. The van der Waals surface area contributed by atoms with Crippen LogP contribution in [0.5, 0.6) is 0 Å². The first kappa shape index (κ1) is 21.9. The van der Waals surface area contributed by atoms with E-state index in [-0.39, 0.29) is 32.5 Å². The fourth-order valence-electron chi connectivity index (χ4n) is 2.67. The molecule has 0 aromatic heterocycles. The number of hydrogen-bond donors (Lipinski definition) is 0. The molecule has 1 heterocycles. The van der Waals surface area contributed by atoms with Gasteiger partial charge in [0.1, 0.15) is 6.61 Å². The molecule has 8 nitrogen and oxygen atoms in total. The van der Waals surface area contributed by atoms with Crippen LogP contribution in [0.15, 0.2) is 30.3 Å². The summed E-state index contributed by atoms with van der Waals surface area (Å²) < 4.78 is 33.1. The van der Waals surface area contributed by atoms with Crippen LogP contribution < -0.4 is 0 Å². The van der Waals surface area contributed by atoms with Crippen molar-refractivity contribution in [1.29, 1.82) is 0 Å². The predicted octanol–water partition coefficient (Wildman–Crippen LogP) is 3.14. The number of piperazine rings is 1. The van der Waals surface area contributed by atoms with Crippen molar-refractivity contribution < 1.29 is 27.7 Å². The van der Waals surface area contributed by atoms with Crippen molar-refractivity contribution in [3.8, 4) is 0 Å². The predicted molar refractivity (Wildman–Crippen MR) is 101 cm³/mol. The number of ether oxygens (including phenoxy) is 1. The van der Waals surface area contributed by atoms with Gasteiger partial charge in [-0.1, -0.05) is 30.3 Å². The number of carbonyl (C=O) groups excluding carboxylic acids is 1. The number of carbonyl (C=O) groups is 1. The normalized spacial score (nSPS) is 15.7. The van der Waals surface area contributed by atoms with E-state index in [1.165, 1.54) is 0 Å². The van der Waals surface area contributed by atoms with Gasteiger partial charge in [0.25, 0.3) is 0 Å². The first-order valence-electron chi connectivity index (χ1n) is 9.28. The van der Waals surface area contributed by atoms with Crippen LogP contribution in [0.2, 0.25) is 0 Å². The van der Waals surface area contributed by atoms with Crippen LogP contribution in [0.1, 0.15) is 19.4 Å². The highest BCUT2D eigenvalue weighted by atomic mass is 31.2. The van der Waals surface area contributed by atoms with Gasteiger partial charge in [0.2, 0.25) is 0 Å². The maximum Gasteiger partial charge on any atom is 0.474 e. The van der Waals surface area contributed by atoms with Crippen LogP contribution in [0.25, 0.3) is 0 Å². The molecule has 1 amide bonds. The number of nitrogens with zero attached hydrogens (tertiary/aromatic N) is 2. The SMILES string of the molecule is CCOP(=O)(OCC)OCCN1CCN(C(=O)OCc2ccccc2)CC1. The third-order valence-electron chi connectivity index (χ3n) is 4.07. The molecule has 0 atom stereocenters. The molecule has 152 valence electrons. The number of rotatable bonds is 10. The zero-order valence-corrected chi connectivity index (χ0v) is 16.9. The van der Waals surface area contributed by atoms with Crippen molar-refractivity contribution >= 4 is 13.9 Å². The Hall–Kier alpha value is -1.44. The molecule has 1 aliphatic heterocycles. The summed E-state index contributed by atoms with van der Waals surface area (Å²) in [5.74, 6) is 0. The number of benzene rings is 1. The molecule has 0 N–H and O–H groups in total. The Morgan fingerprint density at radius 3 is 2.22 bits per heavy atom. The molecule has 1 fully saturated rings. The lowest BCUT2D eigenvalue weighted by Gasteiger charge is -2.34. The third kappa shape index (κ3) is 7.60. The van der Waals surface area contributed by atoms with Gasteiger partial charge in [-0.3, -0.25) is 18.5 Å². The van der Waals surface area contributed by atoms with Crippen molar-refractivity contribution in [1.82, 2.24) is 9.80 Å². The Balaban J connectivity index is 1.66. The summed E-state index contributed by atoms with van der Waals surface area (Å²) in [5.41, 5.74) is 0.967. The van der Waals surface area contributed by atoms with E-state index in [0.717, 1.165) is 5.56 Å². The van der Waals surface area contributed by atoms with Gasteiger partial charge in [-0.25, -0.2) is 9.36 Å². The second kappa shape index (κ2) is 11.4. The standard InChI is InChI=1S/C18H29N2O6P/c1-3-24-27(22,25-4-2)26-15-14-19-10-12-20(13-11-19)18(21)23-16-17-8-6-5-7-9-17/h5-9H,3-4,10-16H2,1-2H3. The van der Waals surface area contributed by atoms with Gasteiger partial charge in [-0.2, -0.15) is 0 Å². The van der Waals surface area contributed by atoms with E-state index in [4.69, 9.17) is 18.3 Å². The molecule has 27 heavy (non-hydrogen) atoms. The van der Waals surface area contributed by atoms with Crippen molar-refractivity contribution in [2.24, 2.45) is 0 Å². The molecule has 0 bridgehead atoms. The molecule has 0 aliphatic carbocycles. The number of amides is 1. The summed E-state index contributed by atoms with van der Waals surface area (Å²) in [7, 11) is -3.46. The van der Waals surface area contributed by atoms with Gasteiger partial charge in [0.15, 0.2) is 0 Å². The van der Waals surface area contributed by atoms with Crippen LogP contribution in [-0.2, 0) is 29.5 Å². The zero-order valence-electron chi connectivity index (χ0n) is 16.0. The van der Waals surface area contributed by atoms with Crippen molar-refractivity contribution in [3.05, 3.63) is 35.9 Å². The van der Waals surface area contributed by atoms with Crippen LogP contribution in [-0.4, -0.2) is 68.4 Å². The van der Waals surface area contributed by atoms with E-state index < -0.39 is 7.82 Å². The average Bonchev–Trinajstić information content (AvgIpc) is 2.68. The van der Waals surface area contributed by atoms with Gasteiger partial charge in [-0.05, 0) is 19.4 Å². The Morgan fingerprint density at radius 1 is 1.00 bits per heavy atom. The number of phosphoric acid groups is 1. The molecular formula is C18H29N2O6P. The number of phosphoric ester groups is 1. The first-order valence-corrected chi connectivity index (χ1v) is 10.7. The summed E-state index contributed by atoms with van der Waals surface area (Å²) in [6.45, 7) is 7.71. The third-order valence-corrected chi connectivity index (χ3v) is 5.71. The average molecular weight is 400 g/mol. The van der Waals surface area contributed by atoms with E-state index in [1.54, 1.807) is 18.7 Å². The summed E-state index contributed by atoms with van der Waals surface area (Å²) >= 11 is 0. The van der Waals surface area contributed by atoms with E-state index in [2.05, 4.69) is 4.90 Å². The molecule has 0 radical (unpaired) electrons. The van der Waals surface area contributed by atoms with Crippen LogP contribution in [0.4, 0.5) is 4.79 Å². The summed E-state index contributed by atoms with van der Waals surface area (Å²) in [5, 5.41) is 0. The van der Waals surface area contributed by atoms with E-state index >= 15 is 0 Å². The first-order chi connectivity index (χ1) is 13.1. The fraction of sp³-hybridized carbons (Fsp3) is 0.611. The highest BCUT2D eigenvalue weighted by Gasteiger charge is 2.26. The van der Waals surface area contributed by atoms with Gasteiger partial charge >= 0.3 is 13.9 Å².